The van der Waals surface area contributed by atoms with Crippen molar-refractivity contribution >= 4 is 35.0 Å². The number of nitrogens with zero attached hydrogens (tertiary/aromatic N) is 3. The Labute approximate surface area is 161 Å². The summed E-state index contributed by atoms with van der Waals surface area (Å²) in [5.74, 6) is 1.02. The van der Waals surface area contributed by atoms with Crippen LogP contribution < -0.4 is 5.32 Å². The summed E-state index contributed by atoms with van der Waals surface area (Å²) < 4.78 is 1.93. The molecular formula is C19H19ClN4OS. The average molecular weight is 387 g/mol. The molecular weight excluding hydrogens is 368 g/mol. The Morgan fingerprint density at radius 1 is 1.19 bits per heavy atom. The van der Waals surface area contributed by atoms with Gasteiger partial charge in [0.1, 0.15) is 5.82 Å². The Balaban J connectivity index is 1.59. The average Bonchev–Trinajstić information content (AvgIpc) is 2.97. The molecule has 0 bridgehead atoms. The Kier molecular flexibility index (Phi) is 5.96. The number of amides is 1. The summed E-state index contributed by atoms with van der Waals surface area (Å²) in [6, 6.07) is 15.5. The van der Waals surface area contributed by atoms with E-state index in [0.717, 1.165) is 17.1 Å². The fraction of sp³-hybridized carbons (Fsp3) is 0.211. The molecule has 26 heavy (non-hydrogen) atoms. The van der Waals surface area contributed by atoms with E-state index < -0.39 is 0 Å². The van der Waals surface area contributed by atoms with Crippen LogP contribution in [0.1, 0.15) is 17.0 Å². The van der Waals surface area contributed by atoms with Gasteiger partial charge in [0.2, 0.25) is 5.91 Å². The second-order valence-corrected chi connectivity index (χ2v) is 7.30. The summed E-state index contributed by atoms with van der Waals surface area (Å²) in [6.07, 6.45) is 0.707. The van der Waals surface area contributed by atoms with Crippen LogP contribution in [0.3, 0.4) is 0 Å². The van der Waals surface area contributed by atoms with E-state index in [2.05, 4.69) is 27.6 Å². The molecule has 0 aliphatic carbocycles. The molecule has 0 atom stereocenters. The lowest BCUT2D eigenvalue weighted by atomic mass is 10.1. The number of thioether (sulfide) groups is 1. The second-order valence-electron chi connectivity index (χ2n) is 5.92. The molecule has 2 aromatic carbocycles. The smallest absolute Gasteiger partial charge is 0.234 e. The van der Waals surface area contributed by atoms with Crippen LogP contribution in [-0.2, 0) is 18.3 Å². The molecule has 1 N–H and O–H groups in total. The van der Waals surface area contributed by atoms with E-state index in [1.165, 1.54) is 17.3 Å². The van der Waals surface area contributed by atoms with E-state index in [9.17, 15) is 4.79 Å². The van der Waals surface area contributed by atoms with Crippen molar-refractivity contribution in [2.75, 3.05) is 11.1 Å². The Hall–Kier alpha value is -2.31. The Bertz CT molecular complexity index is 911. The molecule has 0 radical (unpaired) electrons. The molecule has 3 aromatic rings. The lowest BCUT2D eigenvalue weighted by Crippen LogP contribution is -2.15. The number of carbonyl (C=O) groups is 1. The topological polar surface area (TPSA) is 59.8 Å². The van der Waals surface area contributed by atoms with Crippen LogP contribution in [0.15, 0.2) is 53.7 Å². The lowest BCUT2D eigenvalue weighted by Gasteiger charge is -2.08. The molecule has 1 aromatic heterocycles. The van der Waals surface area contributed by atoms with Crippen molar-refractivity contribution in [1.82, 2.24) is 14.8 Å². The zero-order chi connectivity index (χ0) is 18.5. The normalized spacial score (nSPS) is 10.7. The highest BCUT2D eigenvalue weighted by Gasteiger charge is 2.12. The Morgan fingerprint density at radius 3 is 2.73 bits per heavy atom. The largest absolute Gasteiger partial charge is 0.325 e. The zero-order valence-electron chi connectivity index (χ0n) is 14.6. The van der Waals surface area contributed by atoms with Gasteiger partial charge in [0, 0.05) is 24.2 Å². The molecule has 0 unspecified atom stereocenters. The molecule has 0 spiro atoms. The first-order valence-electron chi connectivity index (χ1n) is 8.14. The van der Waals surface area contributed by atoms with Crippen LogP contribution in [-0.4, -0.2) is 26.4 Å². The third-order valence-electron chi connectivity index (χ3n) is 3.94. The van der Waals surface area contributed by atoms with Gasteiger partial charge in [0.15, 0.2) is 5.16 Å². The minimum absolute atomic E-state index is 0.104. The summed E-state index contributed by atoms with van der Waals surface area (Å²) in [5, 5.41) is 12.6. The first kappa shape index (κ1) is 18.5. The summed E-state index contributed by atoms with van der Waals surface area (Å²) in [5.41, 5.74) is 2.87. The first-order valence-corrected chi connectivity index (χ1v) is 9.50. The monoisotopic (exact) mass is 386 g/mol. The van der Waals surface area contributed by atoms with Gasteiger partial charge in [-0.3, -0.25) is 4.79 Å². The summed E-state index contributed by atoms with van der Waals surface area (Å²) in [6.45, 7) is 1.93. The minimum atomic E-state index is -0.104. The molecule has 7 heteroatoms. The van der Waals surface area contributed by atoms with E-state index in [1.54, 1.807) is 12.1 Å². The van der Waals surface area contributed by atoms with Crippen LogP contribution in [0.2, 0.25) is 5.02 Å². The van der Waals surface area contributed by atoms with Gasteiger partial charge in [-0.2, -0.15) is 0 Å². The number of benzene rings is 2. The van der Waals surface area contributed by atoms with Crippen molar-refractivity contribution in [3.63, 3.8) is 0 Å². The van der Waals surface area contributed by atoms with E-state index in [-0.39, 0.29) is 11.7 Å². The molecule has 3 rings (SSSR count). The maximum Gasteiger partial charge on any atom is 0.234 e. The van der Waals surface area contributed by atoms with Gasteiger partial charge in [0.05, 0.1) is 5.75 Å². The van der Waals surface area contributed by atoms with E-state index in [0.29, 0.717) is 16.6 Å². The van der Waals surface area contributed by atoms with E-state index in [1.807, 2.05) is 42.8 Å². The van der Waals surface area contributed by atoms with Crippen LogP contribution in [0.4, 0.5) is 5.69 Å². The van der Waals surface area contributed by atoms with Gasteiger partial charge in [-0.1, -0.05) is 59.8 Å². The van der Waals surface area contributed by atoms with Crippen molar-refractivity contribution in [3.8, 4) is 0 Å². The molecule has 0 aliphatic rings. The fourth-order valence-corrected chi connectivity index (χ4v) is 3.35. The highest BCUT2D eigenvalue weighted by molar-refractivity contribution is 7.99. The standard InChI is InChI=1S/C19H19ClN4OS/c1-13-8-9-15(20)11-16(13)21-18(25)12-26-19-23-22-17(24(19)2)10-14-6-4-3-5-7-14/h3-9,11H,10,12H2,1-2H3,(H,21,25). The number of hydrogen-bond acceptors (Lipinski definition) is 4. The third-order valence-corrected chi connectivity index (χ3v) is 5.19. The molecule has 1 amide bonds. The maximum absolute atomic E-state index is 12.2. The molecule has 0 aliphatic heterocycles. The highest BCUT2D eigenvalue weighted by Crippen LogP contribution is 2.22. The van der Waals surface area contributed by atoms with Crippen LogP contribution in [0.25, 0.3) is 0 Å². The number of aryl methyl sites for hydroxylation is 1. The first-order chi connectivity index (χ1) is 12.5. The van der Waals surface area contributed by atoms with Crippen LogP contribution in [0.5, 0.6) is 0 Å². The number of carbonyl (C=O) groups excluding carboxylic acids is 1. The Morgan fingerprint density at radius 2 is 1.96 bits per heavy atom. The predicted molar refractivity (Wildman–Crippen MR) is 106 cm³/mol. The maximum atomic E-state index is 12.2. The predicted octanol–water partition coefficient (Wildman–Crippen LogP) is 4.10. The number of halogens is 1. The fourth-order valence-electron chi connectivity index (χ4n) is 2.45. The minimum Gasteiger partial charge on any atom is -0.325 e. The number of aromatic nitrogens is 3. The second kappa shape index (κ2) is 8.38. The third kappa shape index (κ3) is 4.65. The molecule has 0 fully saturated rings. The quantitative estimate of drug-likeness (QED) is 0.648. The van der Waals surface area contributed by atoms with Crippen molar-refractivity contribution in [3.05, 3.63) is 70.5 Å². The molecule has 0 saturated heterocycles. The zero-order valence-corrected chi connectivity index (χ0v) is 16.1. The van der Waals surface area contributed by atoms with Crippen molar-refractivity contribution in [2.24, 2.45) is 7.05 Å². The van der Waals surface area contributed by atoms with Crippen LogP contribution >= 0.6 is 23.4 Å². The van der Waals surface area contributed by atoms with Crippen molar-refractivity contribution in [1.29, 1.82) is 0 Å². The lowest BCUT2D eigenvalue weighted by molar-refractivity contribution is -0.113. The van der Waals surface area contributed by atoms with Gasteiger partial charge < -0.3 is 9.88 Å². The van der Waals surface area contributed by atoms with Gasteiger partial charge in [0.25, 0.3) is 0 Å². The van der Waals surface area contributed by atoms with Gasteiger partial charge in [-0.25, -0.2) is 0 Å². The molecule has 1 heterocycles. The number of hydrogen-bond donors (Lipinski definition) is 1. The molecule has 5 nitrogen and oxygen atoms in total. The van der Waals surface area contributed by atoms with Gasteiger partial charge >= 0.3 is 0 Å². The van der Waals surface area contributed by atoms with Crippen LogP contribution in [0, 0.1) is 6.92 Å². The highest BCUT2D eigenvalue weighted by atomic mass is 35.5. The SMILES string of the molecule is Cc1ccc(Cl)cc1NC(=O)CSc1nnc(Cc2ccccc2)n1C. The van der Waals surface area contributed by atoms with Crippen molar-refractivity contribution in [2.45, 2.75) is 18.5 Å². The van der Waals surface area contributed by atoms with Gasteiger partial charge in [-0.15, -0.1) is 10.2 Å². The van der Waals surface area contributed by atoms with E-state index in [4.69, 9.17) is 11.6 Å². The van der Waals surface area contributed by atoms with Gasteiger partial charge in [-0.05, 0) is 30.2 Å². The summed E-state index contributed by atoms with van der Waals surface area (Å²) >= 11 is 7.35. The summed E-state index contributed by atoms with van der Waals surface area (Å²) in [4.78, 5) is 12.2. The summed E-state index contributed by atoms with van der Waals surface area (Å²) in [7, 11) is 1.92. The number of nitrogens with one attached hydrogen (secondary N) is 1. The number of rotatable bonds is 6. The van der Waals surface area contributed by atoms with Crippen molar-refractivity contribution < 1.29 is 4.79 Å². The number of anilines is 1. The van der Waals surface area contributed by atoms with E-state index >= 15 is 0 Å². The molecule has 0 saturated carbocycles. The molecule has 134 valence electrons.